The van der Waals surface area contributed by atoms with Gasteiger partial charge in [0.15, 0.2) is 5.78 Å². The lowest BCUT2D eigenvalue weighted by atomic mass is 10.1. The molecule has 0 fully saturated rings. The first kappa shape index (κ1) is 15.1. The van der Waals surface area contributed by atoms with Gasteiger partial charge >= 0.3 is 0 Å². The van der Waals surface area contributed by atoms with Crippen LogP contribution in [0.2, 0.25) is 0 Å². The number of halogens is 1. The number of carbonyl (C=O) groups excluding carboxylic acids is 1. The average molecular weight is 299 g/mol. The van der Waals surface area contributed by atoms with Gasteiger partial charge in [-0.3, -0.25) is 4.79 Å². The molecule has 2 aromatic rings. The summed E-state index contributed by atoms with van der Waals surface area (Å²) in [6.07, 6.45) is 4.87. The first-order chi connectivity index (χ1) is 10.2. The number of hydrogen-bond donors (Lipinski definition) is 0. The molecular weight excluding hydrogens is 284 g/mol. The molecule has 0 spiro atoms. The van der Waals surface area contributed by atoms with Gasteiger partial charge in [0.25, 0.3) is 0 Å². The molecule has 0 heterocycles. The third kappa shape index (κ3) is 4.62. The third-order valence-electron chi connectivity index (χ3n) is 2.87. The summed E-state index contributed by atoms with van der Waals surface area (Å²) in [5.74, 6) is 0.620. The Balaban J connectivity index is 2.05. The molecule has 3 heteroatoms. The van der Waals surface area contributed by atoms with Crippen LogP contribution in [0.25, 0.3) is 6.08 Å². The van der Waals surface area contributed by atoms with E-state index in [0.29, 0.717) is 10.6 Å². The summed E-state index contributed by atoms with van der Waals surface area (Å²) < 4.78 is 5.05. The number of ketones is 1. The first-order valence-electron chi connectivity index (χ1n) is 6.48. The Morgan fingerprint density at radius 1 is 1.00 bits per heavy atom. The minimum atomic E-state index is -0.0998. The molecule has 0 saturated carbocycles. The van der Waals surface area contributed by atoms with Crippen LogP contribution >= 0.6 is 11.6 Å². The van der Waals surface area contributed by atoms with E-state index in [2.05, 4.69) is 0 Å². The molecule has 106 valence electrons. The molecule has 0 bridgehead atoms. The maximum atomic E-state index is 12.0. The fourth-order valence-corrected chi connectivity index (χ4v) is 1.95. The Hall–Kier alpha value is -2.32. The molecule has 0 N–H and O–H groups in total. The molecular formula is C18H15ClO2. The standard InChI is InChI=1S/C18H15ClO2/c1-21-17-10-7-15(8-11-17)18(20)12-9-16(19)13-14-5-3-2-4-6-14/h2-13H,1H3/b12-9+,16-13-. The zero-order valence-corrected chi connectivity index (χ0v) is 12.4. The number of benzene rings is 2. The fourth-order valence-electron chi connectivity index (χ4n) is 1.76. The van der Waals surface area contributed by atoms with Gasteiger partial charge in [-0.15, -0.1) is 0 Å². The SMILES string of the molecule is COc1ccc(C(=O)/C=C/C(Cl)=C/c2ccccc2)cc1. The summed E-state index contributed by atoms with van der Waals surface area (Å²) in [5.41, 5.74) is 1.58. The summed E-state index contributed by atoms with van der Waals surface area (Å²) >= 11 is 6.10. The van der Waals surface area contributed by atoms with Crippen molar-refractivity contribution in [1.29, 1.82) is 0 Å². The molecule has 0 aliphatic rings. The number of hydrogen-bond acceptors (Lipinski definition) is 2. The van der Waals surface area contributed by atoms with E-state index >= 15 is 0 Å². The molecule has 0 aliphatic heterocycles. The lowest BCUT2D eigenvalue weighted by Gasteiger charge is -2.00. The zero-order chi connectivity index (χ0) is 15.1. The lowest BCUT2D eigenvalue weighted by molar-refractivity contribution is 0.104. The van der Waals surface area contributed by atoms with Gasteiger partial charge in [0.05, 0.1) is 7.11 Å². The Morgan fingerprint density at radius 3 is 2.29 bits per heavy atom. The Morgan fingerprint density at radius 2 is 1.67 bits per heavy atom. The topological polar surface area (TPSA) is 26.3 Å². The summed E-state index contributed by atoms with van der Waals surface area (Å²) in [7, 11) is 1.59. The van der Waals surface area contributed by atoms with Crippen LogP contribution in [0.15, 0.2) is 71.8 Å². The molecule has 0 saturated heterocycles. The van der Waals surface area contributed by atoms with Crippen LogP contribution < -0.4 is 4.74 Å². The average Bonchev–Trinajstić information content (AvgIpc) is 2.53. The van der Waals surface area contributed by atoms with Crippen molar-refractivity contribution in [3.8, 4) is 5.75 Å². The Bertz CT molecular complexity index is 655. The number of methoxy groups -OCH3 is 1. The Kier molecular flexibility index (Phi) is 5.35. The van der Waals surface area contributed by atoms with Crippen LogP contribution in [0, 0.1) is 0 Å². The molecule has 0 amide bonds. The maximum Gasteiger partial charge on any atom is 0.185 e. The van der Waals surface area contributed by atoms with Crippen LogP contribution in [0.4, 0.5) is 0 Å². The molecule has 2 nitrogen and oxygen atoms in total. The second-order valence-electron chi connectivity index (χ2n) is 4.37. The second-order valence-corrected chi connectivity index (χ2v) is 4.80. The van der Waals surface area contributed by atoms with Gasteiger partial charge in [0.1, 0.15) is 5.75 Å². The highest BCUT2D eigenvalue weighted by Crippen LogP contribution is 2.14. The quantitative estimate of drug-likeness (QED) is 0.454. The van der Waals surface area contributed by atoms with E-state index in [4.69, 9.17) is 16.3 Å². The van der Waals surface area contributed by atoms with Gasteiger partial charge in [0.2, 0.25) is 0 Å². The van der Waals surface area contributed by atoms with Crippen molar-refractivity contribution in [2.24, 2.45) is 0 Å². The van der Waals surface area contributed by atoms with Gasteiger partial charge < -0.3 is 4.74 Å². The number of allylic oxidation sites excluding steroid dienone is 3. The van der Waals surface area contributed by atoms with E-state index in [1.807, 2.05) is 30.3 Å². The maximum absolute atomic E-state index is 12.0. The summed E-state index contributed by atoms with van der Waals surface area (Å²) in [6.45, 7) is 0. The predicted octanol–water partition coefficient (Wildman–Crippen LogP) is 4.71. The minimum absolute atomic E-state index is 0.0998. The van der Waals surface area contributed by atoms with Crippen molar-refractivity contribution in [1.82, 2.24) is 0 Å². The van der Waals surface area contributed by atoms with Crippen LogP contribution in [-0.4, -0.2) is 12.9 Å². The number of rotatable bonds is 5. The van der Waals surface area contributed by atoms with Crippen molar-refractivity contribution in [2.45, 2.75) is 0 Å². The van der Waals surface area contributed by atoms with Crippen LogP contribution in [0.3, 0.4) is 0 Å². The molecule has 21 heavy (non-hydrogen) atoms. The summed E-state index contributed by atoms with van der Waals surface area (Å²) in [5, 5.41) is 0.503. The van der Waals surface area contributed by atoms with E-state index in [9.17, 15) is 4.79 Å². The van der Waals surface area contributed by atoms with E-state index in [1.165, 1.54) is 6.08 Å². The first-order valence-corrected chi connectivity index (χ1v) is 6.85. The monoisotopic (exact) mass is 298 g/mol. The molecule has 0 radical (unpaired) electrons. The van der Waals surface area contributed by atoms with Crippen molar-refractivity contribution < 1.29 is 9.53 Å². The summed E-state index contributed by atoms with van der Waals surface area (Å²) in [6, 6.07) is 16.6. The molecule has 2 rings (SSSR count). The number of ether oxygens (including phenoxy) is 1. The van der Waals surface area contributed by atoms with Gasteiger partial charge in [-0.25, -0.2) is 0 Å². The zero-order valence-electron chi connectivity index (χ0n) is 11.6. The van der Waals surface area contributed by atoms with Crippen LogP contribution in [-0.2, 0) is 0 Å². The number of carbonyl (C=O) groups is 1. The summed E-state index contributed by atoms with van der Waals surface area (Å²) in [4.78, 5) is 12.0. The van der Waals surface area contributed by atoms with Crippen molar-refractivity contribution >= 4 is 23.5 Å². The highest BCUT2D eigenvalue weighted by Gasteiger charge is 2.01. The van der Waals surface area contributed by atoms with Gasteiger partial charge in [-0.1, -0.05) is 41.9 Å². The second kappa shape index (κ2) is 7.46. The normalized spacial score (nSPS) is 11.6. The van der Waals surface area contributed by atoms with E-state index in [1.54, 1.807) is 43.5 Å². The molecule has 0 unspecified atom stereocenters. The van der Waals surface area contributed by atoms with Crippen molar-refractivity contribution in [3.63, 3.8) is 0 Å². The Labute approximate surface area is 129 Å². The predicted molar refractivity (Wildman–Crippen MR) is 86.7 cm³/mol. The van der Waals surface area contributed by atoms with Crippen LogP contribution in [0.1, 0.15) is 15.9 Å². The fraction of sp³-hybridized carbons (Fsp3) is 0.0556. The highest BCUT2D eigenvalue weighted by atomic mass is 35.5. The van der Waals surface area contributed by atoms with Gasteiger partial charge in [-0.2, -0.15) is 0 Å². The largest absolute Gasteiger partial charge is 0.497 e. The minimum Gasteiger partial charge on any atom is -0.497 e. The van der Waals surface area contributed by atoms with E-state index < -0.39 is 0 Å². The van der Waals surface area contributed by atoms with E-state index in [0.717, 1.165) is 11.3 Å². The van der Waals surface area contributed by atoms with E-state index in [-0.39, 0.29) is 5.78 Å². The smallest absolute Gasteiger partial charge is 0.185 e. The van der Waals surface area contributed by atoms with Crippen molar-refractivity contribution in [3.05, 3.63) is 82.9 Å². The van der Waals surface area contributed by atoms with Crippen LogP contribution in [0.5, 0.6) is 5.75 Å². The third-order valence-corrected chi connectivity index (χ3v) is 3.11. The molecule has 2 aromatic carbocycles. The van der Waals surface area contributed by atoms with Gasteiger partial charge in [0, 0.05) is 10.6 Å². The highest BCUT2D eigenvalue weighted by molar-refractivity contribution is 6.33. The molecule has 0 aromatic heterocycles. The lowest BCUT2D eigenvalue weighted by Crippen LogP contribution is -1.94. The molecule has 0 atom stereocenters. The van der Waals surface area contributed by atoms with Gasteiger partial charge in [-0.05, 0) is 48.1 Å². The molecule has 0 aliphatic carbocycles. The van der Waals surface area contributed by atoms with Crippen molar-refractivity contribution in [2.75, 3.05) is 7.11 Å².